The maximum atomic E-state index is 13.7. The van der Waals surface area contributed by atoms with Crippen LogP contribution in [0, 0.1) is 0 Å². The van der Waals surface area contributed by atoms with E-state index in [1.54, 1.807) is 60.7 Å². The Morgan fingerprint density at radius 3 is 1.26 bits per heavy atom. The molecular weight excluding hydrogens is 829 g/mol. The maximum absolute atomic E-state index is 13.7. The van der Waals surface area contributed by atoms with Crippen LogP contribution in [-0.2, 0) is 69.1 Å². The number of rotatable bonds is 20. The molecule has 2 fully saturated rings. The number of esters is 2. The van der Waals surface area contributed by atoms with Crippen molar-refractivity contribution in [1.82, 2.24) is 0 Å². The SMILES string of the molecule is O=C(OC[C@H]1O[C@@H](OC[C@H]2O[C@H](O)[C@H](OCc3ccccc3)[C@@H](OCc3ccccc3)[C@@H]2OCc2ccccc2)[C@@H](OCc2ccccc2)[C@@H]1OC(=O)c1ccccc1)c1ccccc1. The smallest absolute Gasteiger partial charge is 0.338 e. The molecule has 0 bridgehead atoms. The van der Waals surface area contributed by atoms with Crippen LogP contribution in [0.4, 0.5) is 0 Å². The molecule has 6 aromatic carbocycles. The van der Waals surface area contributed by atoms with Gasteiger partial charge in [0.25, 0.3) is 0 Å². The van der Waals surface area contributed by atoms with Crippen molar-refractivity contribution in [1.29, 1.82) is 0 Å². The lowest BCUT2D eigenvalue weighted by Crippen LogP contribution is -2.61. The summed E-state index contributed by atoms with van der Waals surface area (Å²) in [4.78, 5) is 26.9. The zero-order chi connectivity index (χ0) is 44.6. The van der Waals surface area contributed by atoms with Crippen LogP contribution >= 0.6 is 0 Å². The second kappa shape index (κ2) is 23.2. The summed E-state index contributed by atoms with van der Waals surface area (Å²) in [6.45, 7) is 0.192. The Labute approximate surface area is 378 Å². The van der Waals surface area contributed by atoms with Crippen LogP contribution in [0.5, 0.6) is 0 Å². The van der Waals surface area contributed by atoms with E-state index < -0.39 is 67.2 Å². The minimum Gasteiger partial charge on any atom is -0.459 e. The van der Waals surface area contributed by atoms with Crippen molar-refractivity contribution in [2.75, 3.05) is 13.2 Å². The maximum Gasteiger partial charge on any atom is 0.338 e. The van der Waals surface area contributed by atoms with Crippen LogP contribution in [0.25, 0.3) is 0 Å². The topological polar surface area (TPSA) is 137 Å². The molecule has 0 spiro atoms. The summed E-state index contributed by atoms with van der Waals surface area (Å²) in [5.74, 6) is -1.21. The average Bonchev–Trinajstić information content (AvgIpc) is 3.69. The van der Waals surface area contributed by atoms with Crippen LogP contribution in [0.1, 0.15) is 43.0 Å². The van der Waals surface area contributed by atoms with Crippen LogP contribution in [0.2, 0.25) is 0 Å². The van der Waals surface area contributed by atoms with Crippen LogP contribution < -0.4 is 0 Å². The zero-order valence-electron chi connectivity index (χ0n) is 35.7. The predicted octanol–water partition coefficient (Wildman–Crippen LogP) is 7.87. The van der Waals surface area contributed by atoms with E-state index in [4.69, 9.17) is 42.6 Å². The monoisotopic (exact) mass is 880 g/mol. The van der Waals surface area contributed by atoms with E-state index in [2.05, 4.69) is 0 Å². The largest absolute Gasteiger partial charge is 0.459 e. The van der Waals surface area contributed by atoms with Gasteiger partial charge in [0.05, 0.1) is 44.2 Å². The van der Waals surface area contributed by atoms with Crippen molar-refractivity contribution in [2.24, 2.45) is 0 Å². The standard InChI is InChI=1S/C53H52O12/c54-50(41-27-15-5-16-28-41)61-35-44-46(65-51(55)42-29-17-6-18-30-42)49(60-34-40-25-13-4-14-26-40)53(64-44)62-36-43-45(57-31-37-19-7-1-8-20-37)47(58-32-38-21-9-2-10-22-38)48(52(56)63-43)59-33-39-23-11-3-12-24-39/h1-30,43-49,52-53,56H,31-36H2/t43-,44-,45-,46-,47+,48-,49+,52+,53-/m1/s1. The summed E-state index contributed by atoms with van der Waals surface area (Å²) in [5.41, 5.74) is 4.24. The molecule has 12 heteroatoms. The zero-order valence-corrected chi connectivity index (χ0v) is 35.7. The van der Waals surface area contributed by atoms with Crippen molar-refractivity contribution < 1.29 is 57.3 Å². The minimum absolute atomic E-state index is 0.113. The number of carbonyl (C=O) groups is 2. The predicted molar refractivity (Wildman–Crippen MR) is 238 cm³/mol. The van der Waals surface area contributed by atoms with Crippen LogP contribution in [-0.4, -0.2) is 85.6 Å². The lowest BCUT2D eigenvalue weighted by Gasteiger charge is -2.44. The molecule has 0 aromatic heterocycles. The molecule has 2 heterocycles. The van der Waals surface area contributed by atoms with E-state index >= 15 is 0 Å². The van der Waals surface area contributed by atoms with E-state index in [9.17, 15) is 14.7 Å². The van der Waals surface area contributed by atoms with Gasteiger partial charge in [0, 0.05) is 0 Å². The van der Waals surface area contributed by atoms with E-state index in [0.29, 0.717) is 11.1 Å². The number of hydrogen-bond acceptors (Lipinski definition) is 12. The Morgan fingerprint density at radius 1 is 0.400 bits per heavy atom. The summed E-state index contributed by atoms with van der Waals surface area (Å²) in [5, 5.41) is 11.7. The molecule has 6 aromatic rings. The third-order valence-corrected chi connectivity index (χ3v) is 11.1. The molecule has 0 amide bonds. The summed E-state index contributed by atoms with van der Waals surface area (Å²) in [6.07, 6.45) is -9.37. The fraction of sp³-hybridized carbons (Fsp3) is 0.283. The first-order valence-electron chi connectivity index (χ1n) is 21.7. The van der Waals surface area contributed by atoms with Crippen molar-refractivity contribution in [2.45, 2.75) is 81.7 Å². The Hall–Kier alpha value is -6.06. The van der Waals surface area contributed by atoms with Crippen LogP contribution in [0.3, 0.4) is 0 Å². The molecule has 2 aliphatic rings. The molecule has 8 rings (SSSR count). The number of aliphatic hydroxyl groups is 1. The first-order valence-corrected chi connectivity index (χ1v) is 21.7. The molecule has 336 valence electrons. The average molecular weight is 881 g/mol. The number of carbonyl (C=O) groups excluding carboxylic acids is 2. The van der Waals surface area contributed by atoms with Gasteiger partial charge in [-0.15, -0.1) is 0 Å². The third-order valence-electron chi connectivity index (χ3n) is 11.1. The quantitative estimate of drug-likeness (QED) is 0.0748. The van der Waals surface area contributed by atoms with Crippen LogP contribution in [0.15, 0.2) is 182 Å². The third kappa shape index (κ3) is 12.6. The highest BCUT2D eigenvalue weighted by atomic mass is 16.7. The molecule has 0 aliphatic carbocycles. The fourth-order valence-electron chi connectivity index (χ4n) is 7.71. The second-order valence-corrected chi connectivity index (χ2v) is 15.7. The number of ether oxygens (including phenoxy) is 9. The fourth-order valence-corrected chi connectivity index (χ4v) is 7.71. The number of hydrogen-bond donors (Lipinski definition) is 1. The van der Waals surface area contributed by atoms with Gasteiger partial charge < -0.3 is 47.7 Å². The van der Waals surface area contributed by atoms with Gasteiger partial charge in [-0.1, -0.05) is 158 Å². The van der Waals surface area contributed by atoms with Gasteiger partial charge in [0.2, 0.25) is 0 Å². The van der Waals surface area contributed by atoms with E-state index in [0.717, 1.165) is 22.3 Å². The van der Waals surface area contributed by atoms with Gasteiger partial charge in [0.1, 0.15) is 43.2 Å². The highest BCUT2D eigenvalue weighted by Crippen LogP contribution is 2.34. The molecule has 0 saturated carbocycles. The summed E-state index contributed by atoms with van der Waals surface area (Å²) in [6, 6.07) is 55.7. The molecule has 1 N–H and O–H groups in total. The Morgan fingerprint density at radius 2 is 0.785 bits per heavy atom. The first-order chi connectivity index (χ1) is 32.0. The summed E-state index contributed by atoms with van der Waals surface area (Å²) >= 11 is 0. The summed E-state index contributed by atoms with van der Waals surface area (Å²) in [7, 11) is 0. The normalized spacial score (nSPS) is 24.0. The Balaban J connectivity index is 1.07. The van der Waals surface area contributed by atoms with Gasteiger partial charge >= 0.3 is 11.9 Å². The molecule has 2 aliphatic heterocycles. The number of benzene rings is 6. The summed E-state index contributed by atoms with van der Waals surface area (Å²) < 4.78 is 57.7. The highest BCUT2D eigenvalue weighted by molar-refractivity contribution is 5.90. The molecule has 0 radical (unpaired) electrons. The van der Waals surface area contributed by atoms with Gasteiger partial charge in [-0.3, -0.25) is 0 Å². The van der Waals surface area contributed by atoms with Crippen molar-refractivity contribution >= 4 is 11.9 Å². The first kappa shape index (κ1) is 45.5. The van der Waals surface area contributed by atoms with Gasteiger partial charge in [-0.2, -0.15) is 0 Å². The molecular formula is C53H52O12. The van der Waals surface area contributed by atoms with Gasteiger partial charge in [-0.25, -0.2) is 9.59 Å². The van der Waals surface area contributed by atoms with E-state index in [1.807, 2.05) is 121 Å². The van der Waals surface area contributed by atoms with E-state index in [-0.39, 0.29) is 39.6 Å². The number of aliphatic hydroxyl groups excluding tert-OH is 1. The van der Waals surface area contributed by atoms with Gasteiger partial charge in [-0.05, 0) is 46.5 Å². The van der Waals surface area contributed by atoms with E-state index in [1.165, 1.54) is 0 Å². The Bertz CT molecular complexity index is 2320. The minimum atomic E-state index is -1.45. The molecule has 12 nitrogen and oxygen atoms in total. The Kier molecular flexibility index (Phi) is 16.3. The lowest BCUT2D eigenvalue weighted by molar-refractivity contribution is -0.323. The molecule has 0 unspecified atom stereocenters. The van der Waals surface area contributed by atoms with Crippen molar-refractivity contribution in [3.8, 4) is 0 Å². The van der Waals surface area contributed by atoms with Gasteiger partial charge in [0.15, 0.2) is 18.7 Å². The molecule has 65 heavy (non-hydrogen) atoms. The highest BCUT2D eigenvalue weighted by Gasteiger charge is 2.52. The van der Waals surface area contributed by atoms with Crippen molar-refractivity contribution in [3.63, 3.8) is 0 Å². The molecule has 9 atom stereocenters. The lowest BCUT2D eigenvalue weighted by atomic mass is 9.98. The van der Waals surface area contributed by atoms with Crippen molar-refractivity contribution in [3.05, 3.63) is 215 Å². The molecule has 2 saturated heterocycles. The second-order valence-electron chi connectivity index (χ2n) is 15.7.